The maximum Gasteiger partial charge on any atom is 0.317 e. The van der Waals surface area contributed by atoms with Crippen molar-refractivity contribution in [2.75, 3.05) is 12.4 Å². The van der Waals surface area contributed by atoms with Gasteiger partial charge in [-0.15, -0.1) is 11.3 Å². The quantitative estimate of drug-likeness (QED) is 0.625. The maximum atomic E-state index is 12.2. The molecule has 8 heteroatoms. The van der Waals surface area contributed by atoms with Gasteiger partial charge in [-0.25, -0.2) is 9.67 Å². The van der Waals surface area contributed by atoms with Gasteiger partial charge >= 0.3 is 5.97 Å². The molecule has 0 saturated carbocycles. The first kappa shape index (κ1) is 13.4. The minimum absolute atomic E-state index is 0.259. The van der Waals surface area contributed by atoms with Gasteiger partial charge in [-0.3, -0.25) is 4.79 Å². The number of hydrogen-bond donors (Lipinski definition) is 0. The number of alkyl halides is 1. The van der Waals surface area contributed by atoms with Crippen LogP contribution in [0.3, 0.4) is 0 Å². The van der Waals surface area contributed by atoms with Crippen LogP contribution >= 0.6 is 27.3 Å². The highest BCUT2D eigenvalue weighted by Crippen LogP contribution is 2.37. The highest BCUT2D eigenvalue weighted by Gasteiger charge is 2.41. The SMILES string of the molecule is COC(=O)C1C(CBr)=Nc2ncnn2C1c1cccs1. The number of halogens is 1. The number of carbonyl (C=O) groups excluding carboxylic acids is 1. The number of thiophene rings is 1. The van der Waals surface area contributed by atoms with Crippen LogP contribution in [0.15, 0.2) is 28.8 Å². The number of ether oxygens (including phenoxy) is 1. The summed E-state index contributed by atoms with van der Waals surface area (Å²) in [5.74, 6) is -0.298. The van der Waals surface area contributed by atoms with Gasteiger partial charge in [-0.05, 0) is 11.4 Å². The summed E-state index contributed by atoms with van der Waals surface area (Å²) in [6, 6.07) is 3.67. The Morgan fingerprint density at radius 1 is 1.60 bits per heavy atom. The van der Waals surface area contributed by atoms with E-state index in [4.69, 9.17) is 4.74 Å². The summed E-state index contributed by atoms with van der Waals surface area (Å²) < 4.78 is 6.62. The van der Waals surface area contributed by atoms with Gasteiger partial charge in [0.1, 0.15) is 18.3 Å². The lowest BCUT2D eigenvalue weighted by atomic mass is 9.92. The topological polar surface area (TPSA) is 69.4 Å². The van der Waals surface area contributed by atoms with Gasteiger partial charge < -0.3 is 4.74 Å². The van der Waals surface area contributed by atoms with E-state index in [1.165, 1.54) is 13.4 Å². The second kappa shape index (κ2) is 5.45. The second-order valence-corrected chi connectivity index (χ2v) is 5.74. The van der Waals surface area contributed by atoms with Crippen LogP contribution < -0.4 is 0 Å². The smallest absolute Gasteiger partial charge is 0.317 e. The highest BCUT2D eigenvalue weighted by molar-refractivity contribution is 9.09. The summed E-state index contributed by atoms with van der Waals surface area (Å²) in [5.41, 5.74) is 0.704. The molecule has 2 atom stereocenters. The molecule has 0 spiro atoms. The van der Waals surface area contributed by atoms with E-state index in [1.54, 1.807) is 16.0 Å². The van der Waals surface area contributed by atoms with Crippen molar-refractivity contribution in [2.45, 2.75) is 6.04 Å². The Bertz CT molecular complexity index is 652. The van der Waals surface area contributed by atoms with Gasteiger partial charge in [0.2, 0.25) is 5.95 Å². The molecule has 0 aromatic carbocycles. The van der Waals surface area contributed by atoms with Gasteiger partial charge in [0.15, 0.2) is 0 Å². The molecule has 0 N–H and O–H groups in total. The third kappa shape index (κ3) is 2.08. The van der Waals surface area contributed by atoms with E-state index in [9.17, 15) is 4.79 Å². The summed E-state index contributed by atoms with van der Waals surface area (Å²) >= 11 is 4.96. The second-order valence-electron chi connectivity index (χ2n) is 4.20. The Balaban J connectivity index is 2.16. The van der Waals surface area contributed by atoms with E-state index in [0.717, 1.165) is 4.88 Å². The summed E-state index contributed by atoms with van der Waals surface area (Å²) in [5, 5.41) is 6.67. The zero-order valence-electron chi connectivity index (χ0n) is 10.6. The molecular weight excluding hydrogens is 344 g/mol. The minimum atomic E-state index is -0.493. The fraction of sp³-hybridized carbons (Fsp3) is 0.333. The fourth-order valence-corrected chi connectivity index (χ4v) is 3.61. The van der Waals surface area contributed by atoms with Crippen molar-refractivity contribution in [3.05, 3.63) is 28.7 Å². The molecule has 0 amide bonds. The normalized spacial score (nSPS) is 21.2. The Morgan fingerprint density at radius 3 is 3.10 bits per heavy atom. The molecule has 3 rings (SSSR count). The third-order valence-corrected chi connectivity index (χ3v) is 4.68. The fourth-order valence-electron chi connectivity index (χ4n) is 2.29. The van der Waals surface area contributed by atoms with Gasteiger partial charge in [0.25, 0.3) is 0 Å². The van der Waals surface area contributed by atoms with Gasteiger partial charge in [-0.2, -0.15) is 10.1 Å². The van der Waals surface area contributed by atoms with E-state index in [0.29, 0.717) is 17.0 Å². The molecule has 0 fully saturated rings. The standard InChI is InChI=1S/C12H11BrN4O2S/c1-19-11(18)9-7(5-13)16-12-14-6-15-17(12)10(9)8-3-2-4-20-8/h2-4,6,9-10H,5H2,1H3. The average molecular weight is 355 g/mol. The lowest BCUT2D eigenvalue weighted by Crippen LogP contribution is -2.38. The first-order valence-corrected chi connectivity index (χ1v) is 7.90. The summed E-state index contributed by atoms with van der Waals surface area (Å²) in [6.07, 6.45) is 1.45. The molecule has 2 aromatic rings. The van der Waals surface area contributed by atoms with Crippen LogP contribution in [-0.2, 0) is 9.53 Å². The number of aromatic nitrogens is 3. The number of nitrogens with zero attached hydrogens (tertiary/aromatic N) is 4. The molecule has 2 aromatic heterocycles. The van der Waals surface area contributed by atoms with E-state index in [-0.39, 0.29) is 12.0 Å². The lowest BCUT2D eigenvalue weighted by molar-refractivity contribution is -0.144. The van der Waals surface area contributed by atoms with E-state index >= 15 is 0 Å². The molecule has 104 valence electrons. The van der Waals surface area contributed by atoms with Crippen LogP contribution in [0.25, 0.3) is 0 Å². The number of methoxy groups -OCH3 is 1. The number of rotatable bonds is 3. The van der Waals surface area contributed by atoms with Crippen molar-refractivity contribution in [1.29, 1.82) is 0 Å². The largest absolute Gasteiger partial charge is 0.468 e. The zero-order chi connectivity index (χ0) is 14.1. The molecule has 2 unspecified atom stereocenters. The maximum absolute atomic E-state index is 12.2. The van der Waals surface area contributed by atoms with Gasteiger partial charge in [0, 0.05) is 15.9 Å². The van der Waals surface area contributed by atoms with Crippen LogP contribution in [0.4, 0.5) is 5.95 Å². The monoisotopic (exact) mass is 354 g/mol. The molecule has 20 heavy (non-hydrogen) atoms. The molecule has 6 nitrogen and oxygen atoms in total. The number of aliphatic imine (C=N–C) groups is 1. The minimum Gasteiger partial charge on any atom is -0.468 e. The Kier molecular flexibility index (Phi) is 3.66. The van der Waals surface area contributed by atoms with Crippen LogP contribution in [0.5, 0.6) is 0 Å². The van der Waals surface area contributed by atoms with Crippen molar-refractivity contribution in [3.8, 4) is 0 Å². The summed E-state index contributed by atoms with van der Waals surface area (Å²) in [6.45, 7) is 0. The van der Waals surface area contributed by atoms with Gasteiger partial charge in [0.05, 0.1) is 7.11 Å². The first-order chi connectivity index (χ1) is 9.76. The summed E-state index contributed by atoms with van der Waals surface area (Å²) in [7, 11) is 1.39. The Hall–Kier alpha value is -1.54. The molecule has 3 heterocycles. The molecule has 0 bridgehead atoms. The van der Waals surface area contributed by atoms with Crippen LogP contribution in [0, 0.1) is 5.92 Å². The molecule has 0 saturated heterocycles. The molecule has 1 aliphatic heterocycles. The predicted octanol–water partition coefficient (Wildman–Crippen LogP) is 2.20. The van der Waals surface area contributed by atoms with Crippen molar-refractivity contribution >= 4 is 44.9 Å². The molecular formula is C12H11BrN4O2S. The zero-order valence-corrected chi connectivity index (χ0v) is 13.0. The first-order valence-electron chi connectivity index (χ1n) is 5.90. The van der Waals surface area contributed by atoms with E-state index in [1.807, 2.05) is 17.5 Å². The molecule has 0 aliphatic carbocycles. The molecule has 0 radical (unpaired) electrons. The van der Waals surface area contributed by atoms with Crippen molar-refractivity contribution in [3.63, 3.8) is 0 Å². The average Bonchev–Trinajstić information content (AvgIpc) is 3.15. The van der Waals surface area contributed by atoms with Crippen molar-refractivity contribution in [2.24, 2.45) is 10.9 Å². The number of esters is 1. The number of hydrogen-bond acceptors (Lipinski definition) is 6. The number of carbonyl (C=O) groups is 1. The molecule has 1 aliphatic rings. The predicted molar refractivity (Wildman–Crippen MR) is 78.9 cm³/mol. The van der Waals surface area contributed by atoms with E-state index < -0.39 is 5.92 Å². The Labute approximate surface area is 127 Å². The van der Waals surface area contributed by atoms with Gasteiger partial charge in [-0.1, -0.05) is 22.0 Å². The number of fused-ring (bicyclic) bond motifs is 1. The highest BCUT2D eigenvalue weighted by atomic mass is 79.9. The lowest BCUT2D eigenvalue weighted by Gasteiger charge is -2.28. The van der Waals surface area contributed by atoms with Crippen LogP contribution in [0.1, 0.15) is 10.9 Å². The Morgan fingerprint density at radius 2 is 2.45 bits per heavy atom. The van der Waals surface area contributed by atoms with E-state index in [2.05, 4.69) is 31.0 Å². The van der Waals surface area contributed by atoms with Crippen molar-refractivity contribution < 1.29 is 9.53 Å². The van der Waals surface area contributed by atoms with Crippen LogP contribution in [-0.4, -0.2) is 38.9 Å². The third-order valence-electron chi connectivity index (χ3n) is 3.16. The summed E-state index contributed by atoms with van der Waals surface area (Å²) in [4.78, 5) is 21.7. The van der Waals surface area contributed by atoms with Crippen LogP contribution in [0.2, 0.25) is 0 Å². The van der Waals surface area contributed by atoms with Crippen molar-refractivity contribution in [1.82, 2.24) is 14.8 Å².